The van der Waals surface area contributed by atoms with Crippen molar-refractivity contribution < 1.29 is 19.1 Å². The molecule has 1 aliphatic heterocycles. The van der Waals surface area contributed by atoms with E-state index in [2.05, 4.69) is 10.5 Å². The second-order valence-corrected chi connectivity index (χ2v) is 7.48. The quantitative estimate of drug-likeness (QED) is 0.716. The van der Waals surface area contributed by atoms with E-state index in [1.807, 2.05) is 23.6 Å². The zero-order valence-electron chi connectivity index (χ0n) is 14.9. The van der Waals surface area contributed by atoms with Gasteiger partial charge in [0.05, 0.1) is 24.8 Å². The van der Waals surface area contributed by atoms with Crippen LogP contribution in [-0.2, 0) is 11.2 Å². The number of hydrazone groups is 1. The fourth-order valence-electron chi connectivity index (χ4n) is 2.54. The van der Waals surface area contributed by atoms with Crippen LogP contribution >= 0.6 is 23.1 Å². The molecule has 7 nitrogen and oxygen atoms in total. The minimum Gasteiger partial charge on any atom is -0.493 e. The van der Waals surface area contributed by atoms with Crippen molar-refractivity contribution in [1.82, 2.24) is 10.3 Å². The first kappa shape index (κ1) is 19.2. The average Bonchev–Trinajstić information content (AvgIpc) is 3.34. The van der Waals surface area contributed by atoms with Crippen LogP contribution in [0.15, 0.2) is 40.8 Å². The molecule has 0 spiro atoms. The van der Waals surface area contributed by atoms with Gasteiger partial charge in [-0.1, -0.05) is 23.9 Å². The lowest BCUT2D eigenvalue weighted by atomic mass is 10.1. The van der Waals surface area contributed by atoms with E-state index in [9.17, 15) is 9.59 Å². The van der Waals surface area contributed by atoms with Crippen LogP contribution in [0.1, 0.15) is 15.2 Å². The molecule has 1 saturated heterocycles. The summed E-state index contributed by atoms with van der Waals surface area (Å²) in [5.41, 5.74) is 3.53. The van der Waals surface area contributed by atoms with E-state index in [1.54, 1.807) is 31.3 Å². The maximum atomic E-state index is 12.2. The van der Waals surface area contributed by atoms with Gasteiger partial charge in [-0.15, -0.1) is 16.4 Å². The van der Waals surface area contributed by atoms with Crippen molar-refractivity contribution in [2.75, 3.05) is 26.5 Å². The predicted octanol–water partition coefficient (Wildman–Crippen LogP) is 2.58. The van der Waals surface area contributed by atoms with Crippen molar-refractivity contribution >= 4 is 40.1 Å². The lowest BCUT2D eigenvalue weighted by Crippen LogP contribution is -2.33. The summed E-state index contributed by atoms with van der Waals surface area (Å²) in [6, 6.07) is 9.19. The monoisotopic (exact) mass is 405 g/mol. The summed E-state index contributed by atoms with van der Waals surface area (Å²) in [4.78, 5) is 26.4. The minimum absolute atomic E-state index is 0.0235. The third-order valence-electron chi connectivity index (χ3n) is 3.93. The fourth-order valence-corrected chi connectivity index (χ4v) is 4.02. The summed E-state index contributed by atoms with van der Waals surface area (Å²) in [5, 5.41) is 6.46. The van der Waals surface area contributed by atoms with Gasteiger partial charge in [0.2, 0.25) is 5.91 Å². The molecular formula is C18H19N3O4S2. The zero-order chi connectivity index (χ0) is 19.2. The molecule has 0 unspecified atom stereocenters. The van der Waals surface area contributed by atoms with Gasteiger partial charge in [-0.05, 0) is 35.6 Å². The van der Waals surface area contributed by atoms with Gasteiger partial charge in [-0.25, -0.2) is 5.43 Å². The van der Waals surface area contributed by atoms with Crippen molar-refractivity contribution in [2.45, 2.75) is 6.42 Å². The Bertz CT molecular complexity index is 852. The van der Waals surface area contributed by atoms with Crippen molar-refractivity contribution in [2.24, 2.45) is 5.10 Å². The Balaban J connectivity index is 1.64. The molecule has 0 atom stereocenters. The highest BCUT2D eigenvalue weighted by molar-refractivity contribution is 8.15. The van der Waals surface area contributed by atoms with E-state index in [1.165, 1.54) is 23.1 Å². The summed E-state index contributed by atoms with van der Waals surface area (Å²) in [6.07, 6.45) is 0.630. The number of nitrogens with one attached hydrogen (secondary N) is 1. The molecular weight excluding hydrogens is 386 g/mol. The smallest absolute Gasteiger partial charge is 0.281 e. The molecule has 0 saturated carbocycles. The molecule has 2 heterocycles. The summed E-state index contributed by atoms with van der Waals surface area (Å²) >= 11 is 2.66. The SMILES string of the molecule is COc1ccc(CCN2C(=O)CSC2=NNC(=O)c2cccs2)cc1OC. The van der Waals surface area contributed by atoms with Gasteiger partial charge in [-0.3, -0.25) is 14.5 Å². The maximum absolute atomic E-state index is 12.2. The molecule has 9 heteroatoms. The number of carbonyl (C=O) groups is 2. The minimum atomic E-state index is -0.280. The molecule has 3 rings (SSSR count). The van der Waals surface area contributed by atoms with Gasteiger partial charge in [0, 0.05) is 6.54 Å². The number of hydrogen-bond acceptors (Lipinski definition) is 7. The lowest BCUT2D eigenvalue weighted by Gasteiger charge is -2.16. The van der Waals surface area contributed by atoms with E-state index in [4.69, 9.17) is 9.47 Å². The van der Waals surface area contributed by atoms with Crippen molar-refractivity contribution in [3.05, 3.63) is 46.2 Å². The summed E-state index contributed by atoms with van der Waals surface area (Å²) < 4.78 is 10.5. The number of carbonyl (C=O) groups excluding carboxylic acids is 2. The van der Waals surface area contributed by atoms with E-state index in [0.29, 0.717) is 40.3 Å². The van der Waals surface area contributed by atoms with Crippen LogP contribution in [0.4, 0.5) is 0 Å². The number of ether oxygens (including phenoxy) is 2. The Morgan fingerprint density at radius 3 is 2.78 bits per heavy atom. The third-order valence-corrected chi connectivity index (χ3v) is 5.76. The summed E-state index contributed by atoms with van der Waals surface area (Å²) in [5.74, 6) is 1.32. The first-order chi connectivity index (χ1) is 13.1. The van der Waals surface area contributed by atoms with Gasteiger partial charge >= 0.3 is 0 Å². The van der Waals surface area contributed by atoms with Gasteiger partial charge in [-0.2, -0.15) is 0 Å². The number of rotatable bonds is 7. The highest BCUT2D eigenvalue weighted by Gasteiger charge is 2.28. The van der Waals surface area contributed by atoms with E-state index in [0.717, 1.165) is 5.56 Å². The topological polar surface area (TPSA) is 80.2 Å². The van der Waals surface area contributed by atoms with Gasteiger partial charge in [0.15, 0.2) is 16.7 Å². The second-order valence-electron chi connectivity index (χ2n) is 5.59. The molecule has 0 aliphatic carbocycles. The predicted molar refractivity (Wildman–Crippen MR) is 107 cm³/mol. The van der Waals surface area contributed by atoms with Crippen LogP contribution in [0, 0.1) is 0 Å². The number of amides is 2. The van der Waals surface area contributed by atoms with E-state index in [-0.39, 0.29) is 11.8 Å². The number of thiophene rings is 1. The number of nitrogens with zero attached hydrogens (tertiary/aromatic N) is 2. The largest absolute Gasteiger partial charge is 0.493 e. The second kappa shape index (κ2) is 8.92. The molecule has 1 aromatic heterocycles. The van der Waals surface area contributed by atoms with Crippen molar-refractivity contribution in [3.63, 3.8) is 0 Å². The maximum Gasteiger partial charge on any atom is 0.281 e. The van der Waals surface area contributed by atoms with E-state index < -0.39 is 0 Å². The molecule has 1 fully saturated rings. The van der Waals surface area contributed by atoms with Gasteiger partial charge in [0.1, 0.15) is 0 Å². The standard InChI is InChI=1S/C18H19N3O4S2/c1-24-13-6-5-12(10-14(13)25-2)7-8-21-16(22)11-27-18(21)20-19-17(23)15-4-3-9-26-15/h3-6,9-10H,7-8,11H2,1-2H3,(H,19,23). The Kier molecular flexibility index (Phi) is 6.36. The lowest BCUT2D eigenvalue weighted by molar-refractivity contribution is -0.124. The zero-order valence-corrected chi connectivity index (χ0v) is 16.6. The Labute approximate surface area is 165 Å². The normalized spacial score (nSPS) is 15.3. The number of methoxy groups -OCH3 is 2. The number of benzene rings is 1. The van der Waals surface area contributed by atoms with Gasteiger partial charge in [0.25, 0.3) is 5.91 Å². The van der Waals surface area contributed by atoms with Crippen LogP contribution in [0.2, 0.25) is 0 Å². The Hall–Kier alpha value is -2.52. The fraction of sp³-hybridized carbons (Fsp3) is 0.278. The van der Waals surface area contributed by atoms with Crippen LogP contribution < -0.4 is 14.9 Å². The molecule has 142 valence electrons. The number of amidine groups is 1. The van der Waals surface area contributed by atoms with Crippen molar-refractivity contribution in [3.8, 4) is 11.5 Å². The Morgan fingerprint density at radius 1 is 1.26 bits per heavy atom. The third kappa shape index (κ3) is 4.61. The molecule has 2 aromatic rings. The molecule has 0 bridgehead atoms. The number of thioether (sulfide) groups is 1. The summed E-state index contributed by atoms with van der Waals surface area (Å²) in [7, 11) is 3.17. The van der Waals surface area contributed by atoms with Crippen LogP contribution in [0.3, 0.4) is 0 Å². The average molecular weight is 406 g/mol. The molecule has 2 amide bonds. The molecule has 1 aliphatic rings. The molecule has 0 radical (unpaired) electrons. The van der Waals surface area contributed by atoms with E-state index >= 15 is 0 Å². The highest BCUT2D eigenvalue weighted by atomic mass is 32.2. The van der Waals surface area contributed by atoms with Gasteiger partial charge < -0.3 is 9.47 Å². The molecule has 1 aromatic carbocycles. The highest BCUT2D eigenvalue weighted by Crippen LogP contribution is 2.28. The number of hydrogen-bond donors (Lipinski definition) is 1. The molecule has 27 heavy (non-hydrogen) atoms. The van der Waals surface area contributed by atoms with Crippen LogP contribution in [-0.4, -0.2) is 48.4 Å². The summed E-state index contributed by atoms with van der Waals surface area (Å²) in [6.45, 7) is 0.467. The first-order valence-electron chi connectivity index (χ1n) is 8.18. The van der Waals surface area contributed by atoms with Crippen LogP contribution in [0.5, 0.6) is 11.5 Å². The first-order valence-corrected chi connectivity index (χ1v) is 10.0. The van der Waals surface area contributed by atoms with Crippen LogP contribution in [0.25, 0.3) is 0 Å². The van der Waals surface area contributed by atoms with Crippen molar-refractivity contribution in [1.29, 1.82) is 0 Å². The molecule has 1 N–H and O–H groups in total. The Morgan fingerprint density at radius 2 is 2.07 bits per heavy atom.